The number of benzene rings is 1. The molecule has 2 aromatic heterocycles. The Morgan fingerprint density at radius 2 is 2.19 bits per heavy atom. The number of hydrogen-bond acceptors (Lipinski definition) is 4. The maximum Gasteiger partial charge on any atom is 0.258 e. The van der Waals surface area contributed by atoms with E-state index in [0.29, 0.717) is 12.3 Å². The molecular formula is C14H12BrN3O2S. The molecule has 0 unspecified atom stereocenters. The first kappa shape index (κ1) is 14.1. The molecule has 0 atom stereocenters. The SMILES string of the molecule is O=C(COc1ccc(Br)cc1)NCc1cn2ccsc2n1. The van der Waals surface area contributed by atoms with Crippen LogP contribution in [-0.2, 0) is 11.3 Å². The topological polar surface area (TPSA) is 55.6 Å². The number of carbonyl (C=O) groups is 1. The van der Waals surface area contributed by atoms with E-state index in [1.807, 2.05) is 34.3 Å². The molecule has 3 aromatic rings. The van der Waals surface area contributed by atoms with Crippen molar-refractivity contribution in [3.63, 3.8) is 0 Å². The second-order valence-corrected chi connectivity index (χ2v) is 6.13. The summed E-state index contributed by atoms with van der Waals surface area (Å²) in [6.07, 6.45) is 3.84. The lowest BCUT2D eigenvalue weighted by Gasteiger charge is -2.06. The van der Waals surface area contributed by atoms with Gasteiger partial charge in [-0.2, -0.15) is 0 Å². The van der Waals surface area contributed by atoms with Gasteiger partial charge in [-0.1, -0.05) is 15.9 Å². The number of thiazole rings is 1. The van der Waals surface area contributed by atoms with Gasteiger partial charge in [-0.05, 0) is 24.3 Å². The van der Waals surface area contributed by atoms with Crippen molar-refractivity contribution in [1.82, 2.24) is 14.7 Å². The fourth-order valence-electron chi connectivity index (χ4n) is 1.78. The van der Waals surface area contributed by atoms with Crippen molar-refractivity contribution in [2.24, 2.45) is 0 Å². The van der Waals surface area contributed by atoms with Gasteiger partial charge in [-0.3, -0.25) is 9.20 Å². The van der Waals surface area contributed by atoms with Crippen LogP contribution >= 0.6 is 27.3 Å². The van der Waals surface area contributed by atoms with Crippen molar-refractivity contribution in [3.05, 3.63) is 52.2 Å². The number of imidazole rings is 1. The van der Waals surface area contributed by atoms with E-state index in [2.05, 4.69) is 26.2 Å². The van der Waals surface area contributed by atoms with E-state index < -0.39 is 0 Å². The molecule has 5 nitrogen and oxygen atoms in total. The lowest BCUT2D eigenvalue weighted by molar-refractivity contribution is -0.123. The van der Waals surface area contributed by atoms with Crippen LogP contribution in [0.4, 0.5) is 0 Å². The Balaban J connectivity index is 1.48. The summed E-state index contributed by atoms with van der Waals surface area (Å²) in [5.74, 6) is 0.491. The monoisotopic (exact) mass is 365 g/mol. The molecule has 21 heavy (non-hydrogen) atoms. The first-order valence-corrected chi connectivity index (χ1v) is 7.94. The minimum Gasteiger partial charge on any atom is -0.484 e. The summed E-state index contributed by atoms with van der Waals surface area (Å²) in [6, 6.07) is 7.35. The van der Waals surface area contributed by atoms with Crippen LogP contribution in [0.3, 0.4) is 0 Å². The Kier molecular flexibility index (Phi) is 4.21. The van der Waals surface area contributed by atoms with Crippen LogP contribution in [0.15, 0.2) is 46.5 Å². The Hall–Kier alpha value is -1.86. The predicted octanol–water partition coefficient (Wildman–Crippen LogP) is 2.85. The van der Waals surface area contributed by atoms with E-state index >= 15 is 0 Å². The third kappa shape index (κ3) is 3.62. The highest BCUT2D eigenvalue weighted by atomic mass is 79.9. The lowest BCUT2D eigenvalue weighted by Crippen LogP contribution is -2.28. The van der Waals surface area contributed by atoms with Crippen molar-refractivity contribution < 1.29 is 9.53 Å². The number of carbonyl (C=O) groups excluding carboxylic acids is 1. The number of halogens is 1. The standard InChI is InChI=1S/C14H12BrN3O2S/c15-10-1-3-12(4-2-10)20-9-13(19)16-7-11-8-18-5-6-21-14(18)17-11/h1-6,8H,7,9H2,(H,16,19). The quantitative estimate of drug-likeness (QED) is 0.756. The Labute approximate surface area is 133 Å². The first-order valence-electron chi connectivity index (χ1n) is 6.27. The van der Waals surface area contributed by atoms with Gasteiger partial charge < -0.3 is 10.1 Å². The second-order valence-electron chi connectivity index (χ2n) is 4.34. The van der Waals surface area contributed by atoms with Gasteiger partial charge in [0, 0.05) is 22.2 Å². The van der Waals surface area contributed by atoms with Crippen LogP contribution in [0, 0.1) is 0 Å². The normalized spacial score (nSPS) is 10.7. The van der Waals surface area contributed by atoms with Crippen molar-refractivity contribution in [1.29, 1.82) is 0 Å². The molecule has 1 N–H and O–H groups in total. The van der Waals surface area contributed by atoms with Crippen molar-refractivity contribution in [3.8, 4) is 5.75 Å². The zero-order valence-electron chi connectivity index (χ0n) is 11.0. The van der Waals surface area contributed by atoms with Crippen molar-refractivity contribution in [2.45, 2.75) is 6.54 Å². The summed E-state index contributed by atoms with van der Waals surface area (Å²) in [6.45, 7) is 0.390. The van der Waals surface area contributed by atoms with E-state index in [1.54, 1.807) is 23.5 Å². The summed E-state index contributed by atoms with van der Waals surface area (Å²) in [7, 11) is 0. The molecule has 0 saturated carbocycles. The summed E-state index contributed by atoms with van der Waals surface area (Å²) in [4.78, 5) is 17.0. The van der Waals surface area contributed by atoms with E-state index in [9.17, 15) is 4.79 Å². The van der Waals surface area contributed by atoms with Gasteiger partial charge in [-0.15, -0.1) is 11.3 Å². The number of amides is 1. The van der Waals surface area contributed by atoms with E-state index in [4.69, 9.17) is 4.74 Å². The summed E-state index contributed by atoms with van der Waals surface area (Å²) in [5, 5.41) is 4.76. The number of hydrogen-bond donors (Lipinski definition) is 1. The summed E-state index contributed by atoms with van der Waals surface area (Å²) >= 11 is 4.91. The third-order valence-electron chi connectivity index (χ3n) is 2.79. The molecule has 7 heteroatoms. The second kappa shape index (κ2) is 6.28. The average Bonchev–Trinajstić information content (AvgIpc) is 3.05. The Bertz CT molecular complexity index is 723. The number of nitrogens with zero attached hydrogens (tertiary/aromatic N) is 2. The van der Waals surface area contributed by atoms with E-state index in [1.165, 1.54) is 0 Å². The molecule has 3 rings (SSSR count). The maximum atomic E-state index is 11.7. The number of aromatic nitrogens is 2. The predicted molar refractivity (Wildman–Crippen MR) is 84.6 cm³/mol. The van der Waals surface area contributed by atoms with Gasteiger partial charge >= 0.3 is 0 Å². The van der Waals surface area contributed by atoms with Gasteiger partial charge in [0.15, 0.2) is 11.6 Å². The van der Waals surface area contributed by atoms with Crippen molar-refractivity contribution >= 4 is 38.1 Å². The summed E-state index contributed by atoms with van der Waals surface area (Å²) in [5.41, 5.74) is 0.832. The van der Waals surface area contributed by atoms with Crippen LogP contribution in [0.1, 0.15) is 5.69 Å². The van der Waals surface area contributed by atoms with Gasteiger partial charge in [0.2, 0.25) is 0 Å². The fourth-order valence-corrected chi connectivity index (χ4v) is 2.76. The van der Waals surface area contributed by atoms with Crippen LogP contribution in [0.25, 0.3) is 4.96 Å². The van der Waals surface area contributed by atoms with Gasteiger partial charge in [0.1, 0.15) is 5.75 Å². The molecule has 0 aliphatic heterocycles. The zero-order chi connectivity index (χ0) is 14.7. The highest BCUT2D eigenvalue weighted by Gasteiger charge is 2.06. The smallest absolute Gasteiger partial charge is 0.258 e. The van der Waals surface area contributed by atoms with Crippen LogP contribution < -0.4 is 10.1 Å². The fraction of sp³-hybridized carbons (Fsp3) is 0.143. The van der Waals surface area contributed by atoms with E-state index in [0.717, 1.165) is 15.1 Å². The molecule has 0 aliphatic carbocycles. The highest BCUT2D eigenvalue weighted by Crippen LogP contribution is 2.16. The molecule has 0 aliphatic rings. The third-order valence-corrected chi connectivity index (χ3v) is 4.09. The lowest BCUT2D eigenvalue weighted by atomic mass is 10.3. The molecule has 0 radical (unpaired) electrons. The molecular weight excluding hydrogens is 354 g/mol. The molecule has 108 valence electrons. The van der Waals surface area contributed by atoms with Crippen LogP contribution in [0.2, 0.25) is 0 Å². The molecule has 1 aromatic carbocycles. The minimum absolute atomic E-state index is 0.0101. The largest absolute Gasteiger partial charge is 0.484 e. The van der Waals surface area contributed by atoms with E-state index in [-0.39, 0.29) is 12.5 Å². The number of fused-ring (bicyclic) bond motifs is 1. The Morgan fingerprint density at radius 3 is 2.95 bits per heavy atom. The molecule has 2 heterocycles. The number of rotatable bonds is 5. The zero-order valence-corrected chi connectivity index (χ0v) is 13.4. The Morgan fingerprint density at radius 1 is 1.38 bits per heavy atom. The van der Waals surface area contributed by atoms with Crippen molar-refractivity contribution in [2.75, 3.05) is 6.61 Å². The highest BCUT2D eigenvalue weighted by molar-refractivity contribution is 9.10. The first-order chi connectivity index (χ1) is 10.2. The van der Waals surface area contributed by atoms with Crippen LogP contribution in [-0.4, -0.2) is 21.9 Å². The average molecular weight is 366 g/mol. The van der Waals surface area contributed by atoms with Gasteiger partial charge in [-0.25, -0.2) is 4.98 Å². The maximum absolute atomic E-state index is 11.7. The molecule has 1 amide bonds. The molecule has 0 bridgehead atoms. The minimum atomic E-state index is -0.172. The van der Waals surface area contributed by atoms with Crippen LogP contribution in [0.5, 0.6) is 5.75 Å². The molecule has 0 fully saturated rings. The van der Waals surface area contributed by atoms with Gasteiger partial charge in [0.05, 0.1) is 12.2 Å². The number of nitrogens with one attached hydrogen (secondary N) is 1. The molecule has 0 saturated heterocycles. The molecule has 0 spiro atoms. The summed E-state index contributed by atoms with van der Waals surface area (Å²) < 4.78 is 8.31. The van der Waals surface area contributed by atoms with Gasteiger partial charge in [0.25, 0.3) is 5.91 Å². The number of ether oxygens (including phenoxy) is 1.